The van der Waals surface area contributed by atoms with Gasteiger partial charge in [-0.1, -0.05) is 13.8 Å². The lowest BCUT2D eigenvalue weighted by Gasteiger charge is -2.23. The fourth-order valence-corrected chi connectivity index (χ4v) is 3.62. The van der Waals surface area contributed by atoms with Crippen LogP contribution in [0.3, 0.4) is 0 Å². The van der Waals surface area contributed by atoms with Crippen LogP contribution in [0.5, 0.6) is 0 Å². The molecule has 0 amide bonds. The molecule has 1 aliphatic heterocycles. The predicted octanol–water partition coefficient (Wildman–Crippen LogP) is 2.09. The molecule has 0 aromatic carbocycles. The van der Waals surface area contributed by atoms with E-state index in [4.69, 9.17) is 0 Å². The Balaban J connectivity index is 1.73. The summed E-state index contributed by atoms with van der Waals surface area (Å²) >= 11 is 0. The molecule has 2 aromatic heterocycles. The average Bonchev–Trinajstić information content (AvgIpc) is 3.05. The molecule has 1 atom stereocenters. The van der Waals surface area contributed by atoms with E-state index in [2.05, 4.69) is 45.8 Å². The smallest absolute Gasteiger partial charge is 0.163 e. The van der Waals surface area contributed by atoms with Crippen LogP contribution in [0.15, 0.2) is 6.20 Å². The summed E-state index contributed by atoms with van der Waals surface area (Å²) in [5, 5.41) is 5.38. The number of rotatable bonds is 5. The number of hydrogen-bond acceptors (Lipinski definition) is 5. The van der Waals surface area contributed by atoms with E-state index < -0.39 is 0 Å². The molecule has 1 fully saturated rings. The minimum atomic E-state index is 0.709. The molecule has 6 heteroatoms. The second kappa shape index (κ2) is 6.43. The van der Waals surface area contributed by atoms with E-state index in [-0.39, 0.29) is 0 Å². The van der Waals surface area contributed by atoms with Gasteiger partial charge in [0, 0.05) is 33.7 Å². The maximum Gasteiger partial charge on any atom is 0.163 e. The molecule has 0 N–H and O–H groups in total. The number of fused-ring (bicyclic) bond motifs is 1. The van der Waals surface area contributed by atoms with E-state index in [9.17, 15) is 0 Å². The average molecular weight is 316 g/mol. The van der Waals surface area contributed by atoms with Crippen LogP contribution in [0.25, 0.3) is 11.0 Å². The van der Waals surface area contributed by atoms with E-state index in [1.165, 1.54) is 26.1 Å². The Labute approximate surface area is 138 Å². The summed E-state index contributed by atoms with van der Waals surface area (Å²) < 4.78 is 1.82. The topological polar surface area (TPSA) is 50.1 Å². The SMILES string of the molecule is Cc1nc(N(C)C[C@@H]2CCN(CC(C)C)C2)c2cnn(C)c2n1. The fraction of sp³-hybridized carbons (Fsp3) is 0.706. The predicted molar refractivity (Wildman–Crippen MR) is 93.7 cm³/mol. The van der Waals surface area contributed by atoms with Gasteiger partial charge in [0.2, 0.25) is 0 Å². The number of likely N-dealkylation sites (tertiary alicyclic amines) is 1. The van der Waals surface area contributed by atoms with Crippen molar-refractivity contribution < 1.29 is 0 Å². The molecule has 1 aliphatic rings. The molecule has 3 heterocycles. The highest BCUT2D eigenvalue weighted by Gasteiger charge is 2.25. The first-order valence-electron chi connectivity index (χ1n) is 8.54. The zero-order valence-electron chi connectivity index (χ0n) is 15.0. The summed E-state index contributed by atoms with van der Waals surface area (Å²) in [6.07, 6.45) is 3.15. The second-order valence-electron chi connectivity index (χ2n) is 7.29. The normalized spacial score (nSPS) is 19.1. The van der Waals surface area contributed by atoms with E-state index in [1.807, 2.05) is 24.9 Å². The summed E-state index contributed by atoms with van der Waals surface area (Å²) in [4.78, 5) is 14.1. The van der Waals surface area contributed by atoms with Gasteiger partial charge >= 0.3 is 0 Å². The van der Waals surface area contributed by atoms with Gasteiger partial charge in [-0.25, -0.2) is 9.97 Å². The minimum Gasteiger partial charge on any atom is -0.359 e. The molecule has 6 nitrogen and oxygen atoms in total. The molecule has 23 heavy (non-hydrogen) atoms. The molecular formula is C17H28N6. The van der Waals surface area contributed by atoms with Crippen molar-refractivity contribution in [2.24, 2.45) is 18.9 Å². The van der Waals surface area contributed by atoms with Gasteiger partial charge in [-0.2, -0.15) is 5.10 Å². The second-order valence-corrected chi connectivity index (χ2v) is 7.29. The molecular weight excluding hydrogens is 288 g/mol. The third kappa shape index (κ3) is 3.47. The molecule has 3 rings (SSSR count). The van der Waals surface area contributed by atoms with Gasteiger partial charge in [0.15, 0.2) is 5.65 Å². The number of anilines is 1. The lowest BCUT2D eigenvalue weighted by Crippen LogP contribution is -2.30. The first kappa shape index (κ1) is 16.2. The van der Waals surface area contributed by atoms with Crippen molar-refractivity contribution in [2.45, 2.75) is 27.2 Å². The van der Waals surface area contributed by atoms with Crippen molar-refractivity contribution in [3.8, 4) is 0 Å². The monoisotopic (exact) mass is 316 g/mol. The van der Waals surface area contributed by atoms with Crippen molar-refractivity contribution in [1.82, 2.24) is 24.6 Å². The van der Waals surface area contributed by atoms with Gasteiger partial charge in [-0.15, -0.1) is 0 Å². The Morgan fingerprint density at radius 1 is 1.35 bits per heavy atom. The van der Waals surface area contributed by atoms with Gasteiger partial charge in [0.05, 0.1) is 11.6 Å². The van der Waals surface area contributed by atoms with Crippen LogP contribution in [-0.4, -0.2) is 57.9 Å². The third-order valence-corrected chi connectivity index (χ3v) is 4.57. The molecule has 0 aliphatic carbocycles. The Morgan fingerprint density at radius 3 is 2.87 bits per heavy atom. The highest BCUT2D eigenvalue weighted by Crippen LogP contribution is 2.25. The van der Waals surface area contributed by atoms with E-state index in [0.29, 0.717) is 5.92 Å². The zero-order valence-corrected chi connectivity index (χ0v) is 15.0. The Kier molecular flexibility index (Phi) is 4.53. The van der Waals surface area contributed by atoms with E-state index in [1.54, 1.807) is 0 Å². The van der Waals surface area contributed by atoms with Crippen LogP contribution in [0.2, 0.25) is 0 Å². The van der Waals surface area contributed by atoms with Crippen LogP contribution in [0.4, 0.5) is 5.82 Å². The summed E-state index contributed by atoms with van der Waals surface area (Å²) in [6, 6.07) is 0. The zero-order chi connectivity index (χ0) is 16.6. The number of nitrogens with zero attached hydrogens (tertiary/aromatic N) is 6. The van der Waals surface area contributed by atoms with Crippen LogP contribution >= 0.6 is 0 Å². The van der Waals surface area contributed by atoms with Crippen molar-refractivity contribution in [3.63, 3.8) is 0 Å². The van der Waals surface area contributed by atoms with Crippen LogP contribution in [-0.2, 0) is 7.05 Å². The summed E-state index contributed by atoms with van der Waals surface area (Å²) in [6.45, 7) is 11.2. The molecule has 1 saturated heterocycles. The largest absolute Gasteiger partial charge is 0.359 e. The van der Waals surface area contributed by atoms with Gasteiger partial charge in [0.25, 0.3) is 0 Å². The van der Waals surface area contributed by atoms with Gasteiger partial charge in [0.1, 0.15) is 11.6 Å². The first-order chi connectivity index (χ1) is 10.9. The molecule has 0 radical (unpaired) electrons. The molecule has 0 saturated carbocycles. The van der Waals surface area contributed by atoms with Crippen LogP contribution < -0.4 is 4.90 Å². The summed E-state index contributed by atoms with van der Waals surface area (Å²) in [5.74, 6) is 3.26. The minimum absolute atomic E-state index is 0.709. The van der Waals surface area contributed by atoms with Crippen molar-refractivity contribution in [3.05, 3.63) is 12.0 Å². The molecule has 0 spiro atoms. The van der Waals surface area contributed by atoms with E-state index >= 15 is 0 Å². The van der Waals surface area contributed by atoms with Crippen molar-refractivity contribution in [2.75, 3.05) is 38.1 Å². The number of aromatic nitrogens is 4. The highest BCUT2D eigenvalue weighted by atomic mass is 15.3. The fourth-order valence-electron chi connectivity index (χ4n) is 3.62. The number of aryl methyl sites for hydroxylation is 2. The van der Waals surface area contributed by atoms with Gasteiger partial charge < -0.3 is 9.80 Å². The summed E-state index contributed by atoms with van der Waals surface area (Å²) in [5.41, 5.74) is 0.909. The quantitative estimate of drug-likeness (QED) is 0.845. The highest BCUT2D eigenvalue weighted by molar-refractivity contribution is 5.86. The lowest BCUT2D eigenvalue weighted by atomic mass is 10.1. The van der Waals surface area contributed by atoms with Gasteiger partial charge in [-0.05, 0) is 31.7 Å². The molecule has 0 unspecified atom stereocenters. The van der Waals surface area contributed by atoms with Gasteiger partial charge in [-0.3, -0.25) is 4.68 Å². The third-order valence-electron chi connectivity index (χ3n) is 4.57. The van der Waals surface area contributed by atoms with Crippen LogP contribution in [0.1, 0.15) is 26.1 Å². The molecule has 2 aromatic rings. The summed E-state index contributed by atoms with van der Waals surface area (Å²) in [7, 11) is 4.07. The lowest BCUT2D eigenvalue weighted by molar-refractivity contribution is 0.288. The van der Waals surface area contributed by atoms with Crippen molar-refractivity contribution in [1.29, 1.82) is 0 Å². The maximum atomic E-state index is 4.67. The molecule has 0 bridgehead atoms. The standard InChI is InChI=1S/C17H28N6/c1-12(2)9-23-7-6-14(11-23)10-21(4)16-15-8-18-22(5)17(15)20-13(3)19-16/h8,12,14H,6-7,9-11H2,1-5H3/t14-/m0/s1. The Hall–Kier alpha value is -1.69. The Morgan fingerprint density at radius 2 is 2.13 bits per heavy atom. The van der Waals surface area contributed by atoms with E-state index in [0.717, 1.165) is 35.1 Å². The van der Waals surface area contributed by atoms with Crippen LogP contribution in [0, 0.1) is 18.8 Å². The first-order valence-corrected chi connectivity index (χ1v) is 8.54. The number of hydrogen-bond donors (Lipinski definition) is 0. The molecule has 126 valence electrons. The Bertz CT molecular complexity index is 677. The maximum absolute atomic E-state index is 4.67. The van der Waals surface area contributed by atoms with Crippen molar-refractivity contribution >= 4 is 16.9 Å².